The van der Waals surface area contributed by atoms with Gasteiger partial charge >= 0.3 is 0 Å². The highest BCUT2D eigenvalue weighted by molar-refractivity contribution is 5.24. The highest BCUT2D eigenvalue weighted by Gasteiger charge is 2.64. The molecule has 1 aromatic carbocycles. The Kier molecular flexibility index (Phi) is 3.07. The number of rotatable bonds is 4. The second-order valence-corrected chi connectivity index (χ2v) is 6.43. The third-order valence-electron chi connectivity index (χ3n) is 4.96. The van der Waals surface area contributed by atoms with E-state index in [1.54, 1.807) is 0 Å². The Morgan fingerprint density at radius 1 is 0.941 bits per heavy atom. The van der Waals surface area contributed by atoms with Crippen LogP contribution in [-0.4, -0.2) is 6.04 Å². The topological polar surface area (TPSA) is 12.0 Å². The largest absolute Gasteiger partial charge is 0.309 e. The van der Waals surface area contributed by atoms with Crippen LogP contribution in [0.4, 0.5) is 0 Å². The van der Waals surface area contributed by atoms with E-state index in [4.69, 9.17) is 0 Å². The predicted octanol–water partition coefficient (Wildman–Crippen LogP) is 3.77. The Labute approximate surface area is 106 Å². The first kappa shape index (κ1) is 12.6. The van der Waals surface area contributed by atoms with Gasteiger partial charge in [0.1, 0.15) is 0 Å². The van der Waals surface area contributed by atoms with Crippen molar-refractivity contribution in [2.24, 2.45) is 10.8 Å². The molecule has 0 aromatic heterocycles. The normalized spacial score (nSPS) is 21.5. The van der Waals surface area contributed by atoms with Crippen molar-refractivity contribution >= 4 is 0 Å². The molecule has 0 spiro atoms. The fourth-order valence-electron chi connectivity index (χ4n) is 2.82. The summed E-state index contributed by atoms with van der Waals surface area (Å²) in [7, 11) is 0. The SMILES string of the molecule is CCc1ccc(CNC2C(C)(C)C2(C)C)cc1. The van der Waals surface area contributed by atoms with Crippen molar-refractivity contribution in [2.45, 2.75) is 53.6 Å². The van der Waals surface area contributed by atoms with Gasteiger partial charge in [0.2, 0.25) is 0 Å². The number of hydrogen-bond acceptors (Lipinski definition) is 1. The highest BCUT2D eigenvalue weighted by Crippen LogP contribution is 2.62. The van der Waals surface area contributed by atoms with Gasteiger partial charge in [-0.25, -0.2) is 0 Å². The van der Waals surface area contributed by atoms with Crippen LogP contribution < -0.4 is 5.32 Å². The molecule has 1 aliphatic carbocycles. The summed E-state index contributed by atoms with van der Waals surface area (Å²) in [5.74, 6) is 0. The molecule has 1 N–H and O–H groups in total. The minimum Gasteiger partial charge on any atom is -0.309 e. The summed E-state index contributed by atoms with van der Waals surface area (Å²) in [4.78, 5) is 0. The minimum atomic E-state index is 0.427. The molecule has 1 aliphatic rings. The second-order valence-electron chi connectivity index (χ2n) is 6.43. The van der Waals surface area contributed by atoms with Crippen LogP contribution in [0.5, 0.6) is 0 Å². The van der Waals surface area contributed by atoms with Crippen LogP contribution in [0.2, 0.25) is 0 Å². The third-order valence-corrected chi connectivity index (χ3v) is 4.96. The molecule has 2 rings (SSSR count). The number of hydrogen-bond donors (Lipinski definition) is 1. The van der Waals surface area contributed by atoms with Gasteiger partial charge in [0, 0.05) is 12.6 Å². The van der Waals surface area contributed by atoms with Crippen molar-refractivity contribution in [2.75, 3.05) is 0 Å². The maximum atomic E-state index is 3.69. The van der Waals surface area contributed by atoms with Crippen LogP contribution in [0.25, 0.3) is 0 Å². The molecule has 0 atom stereocenters. The summed E-state index contributed by atoms with van der Waals surface area (Å²) in [6.07, 6.45) is 1.12. The van der Waals surface area contributed by atoms with E-state index >= 15 is 0 Å². The molecular weight excluding hydrogens is 206 g/mol. The molecule has 0 heterocycles. The number of aryl methyl sites for hydroxylation is 1. The van der Waals surface area contributed by atoms with Crippen molar-refractivity contribution in [3.63, 3.8) is 0 Å². The molecule has 1 aromatic rings. The van der Waals surface area contributed by atoms with Gasteiger partial charge < -0.3 is 5.32 Å². The lowest BCUT2D eigenvalue weighted by Crippen LogP contribution is -2.21. The summed E-state index contributed by atoms with van der Waals surface area (Å²) in [5.41, 5.74) is 3.66. The molecule has 0 bridgehead atoms. The number of nitrogens with one attached hydrogen (secondary N) is 1. The van der Waals surface area contributed by atoms with Crippen LogP contribution in [-0.2, 0) is 13.0 Å². The summed E-state index contributed by atoms with van der Waals surface area (Å²) < 4.78 is 0. The quantitative estimate of drug-likeness (QED) is 0.831. The summed E-state index contributed by atoms with van der Waals surface area (Å²) >= 11 is 0. The van der Waals surface area contributed by atoms with Gasteiger partial charge in [-0.3, -0.25) is 0 Å². The second kappa shape index (κ2) is 4.13. The fourth-order valence-corrected chi connectivity index (χ4v) is 2.82. The molecule has 0 amide bonds. The van der Waals surface area contributed by atoms with Crippen molar-refractivity contribution in [1.29, 1.82) is 0 Å². The van der Waals surface area contributed by atoms with Crippen LogP contribution in [0.15, 0.2) is 24.3 Å². The molecule has 0 saturated heterocycles. The van der Waals surface area contributed by atoms with Crippen LogP contribution in [0.1, 0.15) is 45.7 Å². The van der Waals surface area contributed by atoms with E-state index in [-0.39, 0.29) is 0 Å². The lowest BCUT2D eigenvalue weighted by atomic mass is 10.0. The Morgan fingerprint density at radius 2 is 1.41 bits per heavy atom. The van der Waals surface area contributed by atoms with E-state index in [0.29, 0.717) is 16.9 Å². The Balaban J connectivity index is 1.91. The lowest BCUT2D eigenvalue weighted by Gasteiger charge is -2.07. The maximum Gasteiger partial charge on any atom is 0.0208 e. The first-order valence-corrected chi connectivity index (χ1v) is 6.71. The molecular formula is C16H25N. The summed E-state index contributed by atoms with van der Waals surface area (Å²) in [6.45, 7) is 12.6. The Morgan fingerprint density at radius 3 is 1.82 bits per heavy atom. The van der Waals surface area contributed by atoms with Crippen molar-refractivity contribution in [3.05, 3.63) is 35.4 Å². The van der Waals surface area contributed by atoms with Crippen molar-refractivity contribution in [3.8, 4) is 0 Å². The van der Waals surface area contributed by atoms with Gasteiger partial charge in [0.15, 0.2) is 0 Å². The van der Waals surface area contributed by atoms with Gasteiger partial charge in [-0.2, -0.15) is 0 Å². The van der Waals surface area contributed by atoms with Gasteiger partial charge in [-0.15, -0.1) is 0 Å². The van der Waals surface area contributed by atoms with Gasteiger partial charge in [0.25, 0.3) is 0 Å². The molecule has 1 saturated carbocycles. The zero-order valence-corrected chi connectivity index (χ0v) is 11.8. The van der Waals surface area contributed by atoms with E-state index in [2.05, 4.69) is 64.2 Å². The first-order valence-electron chi connectivity index (χ1n) is 6.71. The minimum absolute atomic E-state index is 0.427. The van der Waals surface area contributed by atoms with Gasteiger partial charge in [-0.1, -0.05) is 58.9 Å². The summed E-state index contributed by atoms with van der Waals surface area (Å²) in [6, 6.07) is 9.60. The Bertz CT molecular complexity index is 372. The zero-order valence-electron chi connectivity index (χ0n) is 11.8. The average Bonchev–Trinajstić information content (AvgIpc) is 2.68. The predicted molar refractivity (Wildman–Crippen MR) is 74.0 cm³/mol. The maximum absolute atomic E-state index is 3.69. The van der Waals surface area contributed by atoms with E-state index in [0.717, 1.165) is 13.0 Å². The van der Waals surface area contributed by atoms with E-state index in [1.807, 2.05) is 0 Å². The molecule has 1 fully saturated rings. The third kappa shape index (κ3) is 2.13. The first-order chi connectivity index (χ1) is 7.89. The van der Waals surface area contributed by atoms with Crippen LogP contribution >= 0.6 is 0 Å². The molecule has 17 heavy (non-hydrogen) atoms. The standard InChI is InChI=1S/C16H25N/c1-6-12-7-9-13(10-8-12)11-17-14-15(2,3)16(14,4)5/h7-10,14,17H,6,11H2,1-5H3. The molecule has 0 unspecified atom stereocenters. The number of benzene rings is 1. The average molecular weight is 231 g/mol. The zero-order chi connectivity index (χ0) is 12.7. The molecule has 1 heteroatoms. The summed E-state index contributed by atoms with van der Waals surface area (Å²) in [5, 5.41) is 3.69. The van der Waals surface area contributed by atoms with Crippen LogP contribution in [0, 0.1) is 10.8 Å². The van der Waals surface area contributed by atoms with Crippen molar-refractivity contribution in [1.82, 2.24) is 5.32 Å². The van der Waals surface area contributed by atoms with E-state index < -0.39 is 0 Å². The van der Waals surface area contributed by atoms with E-state index in [9.17, 15) is 0 Å². The fraction of sp³-hybridized carbons (Fsp3) is 0.625. The van der Waals surface area contributed by atoms with E-state index in [1.165, 1.54) is 11.1 Å². The monoisotopic (exact) mass is 231 g/mol. The van der Waals surface area contributed by atoms with Gasteiger partial charge in [-0.05, 0) is 28.4 Å². The molecule has 0 aliphatic heterocycles. The Hall–Kier alpha value is -0.820. The van der Waals surface area contributed by atoms with Crippen molar-refractivity contribution < 1.29 is 0 Å². The molecule has 1 nitrogen and oxygen atoms in total. The highest BCUT2D eigenvalue weighted by atomic mass is 15.0. The molecule has 0 radical (unpaired) electrons. The van der Waals surface area contributed by atoms with Crippen LogP contribution in [0.3, 0.4) is 0 Å². The molecule has 94 valence electrons. The van der Waals surface area contributed by atoms with Gasteiger partial charge in [0.05, 0.1) is 0 Å². The smallest absolute Gasteiger partial charge is 0.0208 e. The lowest BCUT2D eigenvalue weighted by molar-refractivity contribution is 0.457.